The monoisotopic (exact) mass is 223 g/mol. The Morgan fingerprint density at radius 2 is 2.56 bits per heavy atom. The smallest absolute Gasteiger partial charge is 0.220 e. The maximum absolute atomic E-state index is 11.0. The number of amides is 1. The molecule has 1 unspecified atom stereocenters. The first kappa shape index (κ1) is 11.1. The zero-order chi connectivity index (χ0) is 11.4. The minimum absolute atomic E-state index is 0.156. The van der Waals surface area contributed by atoms with Crippen molar-refractivity contribution in [2.75, 3.05) is 6.54 Å². The summed E-state index contributed by atoms with van der Waals surface area (Å²) in [6.07, 6.45) is 3.30. The molecule has 0 saturated carbocycles. The number of hydrogen-bond donors (Lipinski definition) is 2. The molecule has 88 valence electrons. The predicted molar refractivity (Wildman–Crippen MR) is 58.6 cm³/mol. The second-order valence-electron chi connectivity index (χ2n) is 3.97. The molecule has 0 bridgehead atoms. The molecule has 1 aliphatic heterocycles. The van der Waals surface area contributed by atoms with Crippen LogP contribution in [0.5, 0.6) is 0 Å². The summed E-state index contributed by atoms with van der Waals surface area (Å²) in [4.78, 5) is 11.0. The van der Waals surface area contributed by atoms with Gasteiger partial charge in [-0.15, -0.1) is 10.2 Å². The number of nitrogens with one attached hydrogen (secondary N) is 2. The normalized spacial score (nSPS) is 20.1. The lowest BCUT2D eigenvalue weighted by Gasteiger charge is -2.11. The molecule has 2 rings (SSSR count). The fraction of sp³-hybridized carbons (Fsp3) is 0.700. The Labute approximate surface area is 94.4 Å². The van der Waals surface area contributed by atoms with E-state index in [-0.39, 0.29) is 11.9 Å². The maximum atomic E-state index is 11.0. The average Bonchev–Trinajstić information content (AvgIpc) is 2.87. The van der Waals surface area contributed by atoms with Crippen LogP contribution in [0.25, 0.3) is 0 Å². The van der Waals surface area contributed by atoms with Gasteiger partial charge >= 0.3 is 0 Å². The zero-order valence-electron chi connectivity index (χ0n) is 9.44. The van der Waals surface area contributed by atoms with Crippen LogP contribution in [0.4, 0.5) is 0 Å². The van der Waals surface area contributed by atoms with Crippen molar-refractivity contribution in [3.05, 3.63) is 12.2 Å². The molecule has 1 aromatic rings. The van der Waals surface area contributed by atoms with Gasteiger partial charge in [-0.05, 0) is 13.3 Å². The van der Waals surface area contributed by atoms with Crippen LogP contribution in [0.1, 0.15) is 25.6 Å². The summed E-state index contributed by atoms with van der Waals surface area (Å²) in [5, 5.41) is 14.1. The standard InChI is InChI=1S/C10H17N5O/c1-2-15-7-12-14-9(15)6-11-5-8-3-4-10(16)13-8/h7-8,11H,2-6H2,1H3,(H,13,16). The third-order valence-electron chi connectivity index (χ3n) is 2.80. The van der Waals surface area contributed by atoms with E-state index in [9.17, 15) is 4.79 Å². The summed E-state index contributed by atoms with van der Waals surface area (Å²) in [6.45, 7) is 4.43. The zero-order valence-corrected chi connectivity index (χ0v) is 9.44. The van der Waals surface area contributed by atoms with Gasteiger partial charge in [0.25, 0.3) is 0 Å². The molecule has 1 atom stereocenters. The SMILES string of the molecule is CCn1cnnc1CNCC1CCC(=O)N1. The van der Waals surface area contributed by atoms with E-state index >= 15 is 0 Å². The van der Waals surface area contributed by atoms with Crippen LogP contribution in [0.15, 0.2) is 6.33 Å². The third kappa shape index (κ3) is 2.57. The van der Waals surface area contributed by atoms with E-state index in [1.54, 1.807) is 6.33 Å². The highest BCUT2D eigenvalue weighted by molar-refractivity contribution is 5.78. The molecule has 0 spiro atoms. The molecule has 6 nitrogen and oxygen atoms in total. The van der Waals surface area contributed by atoms with Gasteiger partial charge in [0.1, 0.15) is 12.2 Å². The van der Waals surface area contributed by atoms with Gasteiger partial charge < -0.3 is 15.2 Å². The highest BCUT2D eigenvalue weighted by Crippen LogP contribution is 2.05. The Hall–Kier alpha value is -1.43. The molecule has 0 radical (unpaired) electrons. The average molecular weight is 223 g/mol. The van der Waals surface area contributed by atoms with Gasteiger partial charge in [-0.3, -0.25) is 4.79 Å². The van der Waals surface area contributed by atoms with Crippen molar-refractivity contribution in [2.24, 2.45) is 0 Å². The van der Waals surface area contributed by atoms with Gasteiger partial charge in [-0.25, -0.2) is 0 Å². The van der Waals surface area contributed by atoms with E-state index in [1.807, 2.05) is 4.57 Å². The number of nitrogens with zero attached hydrogens (tertiary/aromatic N) is 3. The van der Waals surface area contributed by atoms with Crippen molar-refractivity contribution in [2.45, 2.75) is 38.9 Å². The van der Waals surface area contributed by atoms with Crippen LogP contribution in [-0.2, 0) is 17.9 Å². The number of rotatable bonds is 5. The van der Waals surface area contributed by atoms with E-state index in [2.05, 4.69) is 27.8 Å². The molecule has 2 N–H and O–H groups in total. The summed E-state index contributed by atoms with van der Waals surface area (Å²) >= 11 is 0. The number of aryl methyl sites for hydroxylation is 1. The van der Waals surface area contributed by atoms with Crippen molar-refractivity contribution >= 4 is 5.91 Å². The minimum atomic E-state index is 0.156. The van der Waals surface area contributed by atoms with E-state index < -0.39 is 0 Å². The maximum Gasteiger partial charge on any atom is 0.220 e. The van der Waals surface area contributed by atoms with Crippen molar-refractivity contribution in [1.82, 2.24) is 25.4 Å². The number of hydrogen-bond acceptors (Lipinski definition) is 4. The van der Waals surface area contributed by atoms with Crippen molar-refractivity contribution in [3.8, 4) is 0 Å². The van der Waals surface area contributed by atoms with Gasteiger partial charge in [0, 0.05) is 25.6 Å². The summed E-state index contributed by atoms with van der Waals surface area (Å²) in [6, 6.07) is 0.269. The quantitative estimate of drug-likeness (QED) is 0.716. The van der Waals surface area contributed by atoms with Gasteiger partial charge in [0.2, 0.25) is 5.91 Å². The Morgan fingerprint density at radius 1 is 1.69 bits per heavy atom. The molecule has 0 aliphatic carbocycles. The lowest BCUT2D eigenvalue weighted by atomic mass is 10.2. The van der Waals surface area contributed by atoms with Gasteiger partial charge in [-0.1, -0.05) is 0 Å². The van der Waals surface area contributed by atoms with Gasteiger partial charge in [0.05, 0.1) is 6.54 Å². The molecule has 2 heterocycles. The number of aromatic nitrogens is 3. The minimum Gasteiger partial charge on any atom is -0.352 e. The molecule has 1 saturated heterocycles. The first-order valence-electron chi connectivity index (χ1n) is 5.66. The molecule has 0 aromatic carbocycles. The number of carbonyl (C=O) groups is 1. The second-order valence-corrected chi connectivity index (χ2v) is 3.97. The number of carbonyl (C=O) groups excluding carboxylic acids is 1. The fourth-order valence-corrected chi connectivity index (χ4v) is 1.87. The van der Waals surface area contributed by atoms with Crippen LogP contribution in [-0.4, -0.2) is 33.3 Å². The molecular weight excluding hydrogens is 206 g/mol. The van der Waals surface area contributed by atoms with Crippen LogP contribution in [0.2, 0.25) is 0 Å². The van der Waals surface area contributed by atoms with E-state index in [4.69, 9.17) is 0 Å². The molecular formula is C10H17N5O. The largest absolute Gasteiger partial charge is 0.352 e. The van der Waals surface area contributed by atoms with Crippen molar-refractivity contribution in [3.63, 3.8) is 0 Å². The fourth-order valence-electron chi connectivity index (χ4n) is 1.87. The third-order valence-corrected chi connectivity index (χ3v) is 2.80. The summed E-state index contributed by atoms with van der Waals surface area (Å²) in [5.41, 5.74) is 0. The van der Waals surface area contributed by atoms with E-state index in [0.29, 0.717) is 13.0 Å². The molecule has 16 heavy (non-hydrogen) atoms. The Bertz CT molecular complexity index is 362. The highest BCUT2D eigenvalue weighted by atomic mass is 16.1. The van der Waals surface area contributed by atoms with Gasteiger partial charge in [-0.2, -0.15) is 0 Å². The van der Waals surface area contributed by atoms with E-state index in [0.717, 1.165) is 25.3 Å². The molecule has 1 amide bonds. The lowest BCUT2D eigenvalue weighted by molar-refractivity contribution is -0.119. The highest BCUT2D eigenvalue weighted by Gasteiger charge is 2.19. The lowest BCUT2D eigenvalue weighted by Crippen LogP contribution is -2.35. The summed E-state index contributed by atoms with van der Waals surface area (Å²) in [7, 11) is 0. The predicted octanol–water partition coefficient (Wildman–Crippen LogP) is -0.334. The summed E-state index contributed by atoms with van der Waals surface area (Å²) in [5.74, 6) is 1.09. The second kappa shape index (κ2) is 5.07. The first-order chi connectivity index (χ1) is 7.79. The topological polar surface area (TPSA) is 71.8 Å². The van der Waals surface area contributed by atoms with Crippen LogP contribution in [0.3, 0.4) is 0 Å². The molecule has 1 aliphatic rings. The Kier molecular flexibility index (Phi) is 3.51. The van der Waals surface area contributed by atoms with Gasteiger partial charge in [0.15, 0.2) is 0 Å². The Balaban J connectivity index is 1.74. The Morgan fingerprint density at radius 3 is 3.25 bits per heavy atom. The first-order valence-corrected chi connectivity index (χ1v) is 5.66. The van der Waals surface area contributed by atoms with Crippen molar-refractivity contribution in [1.29, 1.82) is 0 Å². The van der Waals surface area contributed by atoms with Crippen molar-refractivity contribution < 1.29 is 4.79 Å². The molecule has 1 aromatic heterocycles. The molecule has 6 heteroatoms. The summed E-state index contributed by atoms with van der Waals surface area (Å²) < 4.78 is 2.00. The van der Waals surface area contributed by atoms with Crippen LogP contribution < -0.4 is 10.6 Å². The van der Waals surface area contributed by atoms with Crippen LogP contribution in [0, 0.1) is 0 Å². The van der Waals surface area contributed by atoms with E-state index in [1.165, 1.54) is 0 Å². The van der Waals surface area contributed by atoms with Crippen LogP contribution >= 0.6 is 0 Å². The molecule has 1 fully saturated rings.